The Morgan fingerprint density at radius 2 is 2.46 bits per heavy atom. The van der Waals surface area contributed by atoms with Gasteiger partial charge in [0.25, 0.3) is 0 Å². The number of pyridine rings is 1. The number of imidazole rings is 1. The molecule has 66 valence electrons. The number of aromatic amines is 1. The van der Waals surface area contributed by atoms with Gasteiger partial charge in [0.15, 0.2) is 5.65 Å². The fourth-order valence-electron chi connectivity index (χ4n) is 1.07. The lowest BCUT2D eigenvalue weighted by molar-refractivity contribution is -0.114. The lowest BCUT2D eigenvalue weighted by Gasteiger charge is -1.92. The third-order valence-corrected chi connectivity index (χ3v) is 1.55. The molecule has 0 aliphatic rings. The Bertz CT molecular complexity index is 415. The van der Waals surface area contributed by atoms with Crippen molar-refractivity contribution in [3.8, 4) is 0 Å². The van der Waals surface area contributed by atoms with Crippen LogP contribution in [0.5, 0.6) is 0 Å². The highest BCUT2D eigenvalue weighted by Crippen LogP contribution is 2.10. The predicted octanol–water partition coefficient (Wildman–Crippen LogP) is 0.916. The molecular weight excluding hydrogens is 168 g/mol. The Hall–Kier alpha value is -1.91. The van der Waals surface area contributed by atoms with Crippen molar-refractivity contribution in [3.05, 3.63) is 18.3 Å². The Morgan fingerprint density at radius 3 is 3.15 bits per heavy atom. The minimum absolute atomic E-state index is 0.154. The molecular formula is C8H8N4O. The Balaban J connectivity index is 2.44. The molecule has 2 aromatic rings. The van der Waals surface area contributed by atoms with Gasteiger partial charge in [-0.05, 0) is 12.1 Å². The molecule has 5 nitrogen and oxygen atoms in total. The molecule has 0 bridgehead atoms. The predicted molar refractivity (Wildman–Crippen MR) is 48.2 cm³/mol. The average Bonchev–Trinajstić information content (AvgIpc) is 2.44. The summed E-state index contributed by atoms with van der Waals surface area (Å²) in [4.78, 5) is 21.7. The molecule has 0 saturated heterocycles. The molecule has 5 heteroatoms. The molecule has 2 heterocycles. The van der Waals surface area contributed by atoms with Crippen molar-refractivity contribution in [2.45, 2.75) is 6.92 Å². The van der Waals surface area contributed by atoms with Gasteiger partial charge < -0.3 is 4.98 Å². The molecule has 1 amide bonds. The second-order valence-electron chi connectivity index (χ2n) is 2.64. The number of hydrogen-bond donors (Lipinski definition) is 2. The number of fused-ring (bicyclic) bond motifs is 1. The van der Waals surface area contributed by atoms with Crippen LogP contribution in [-0.2, 0) is 4.79 Å². The summed E-state index contributed by atoms with van der Waals surface area (Å²) >= 11 is 0. The maximum atomic E-state index is 10.7. The molecule has 0 fully saturated rings. The summed E-state index contributed by atoms with van der Waals surface area (Å²) in [5.41, 5.74) is 1.41. The van der Waals surface area contributed by atoms with Gasteiger partial charge in [-0.3, -0.25) is 10.1 Å². The first-order chi connectivity index (χ1) is 6.25. The fourth-order valence-corrected chi connectivity index (χ4v) is 1.07. The second kappa shape index (κ2) is 2.85. The molecule has 2 rings (SSSR count). The van der Waals surface area contributed by atoms with Crippen LogP contribution in [0.25, 0.3) is 11.2 Å². The SMILES string of the molecule is CC(=O)Nc1nc2ncccc2[nH]1. The number of nitrogens with one attached hydrogen (secondary N) is 2. The van der Waals surface area contributed by atoms with Gasteiger partial charge in [0.2, 0.25) is 11.9 Å². The summed E-state index contributed by atoms with van der Waals surface area (Å²) in [5.74, 6) is 0.278. The zero-order valence-electron chi connectivity index (χ0n) is 7.03. The topological polar surface area (TPSA) is 70.7 Å². The second-order valence-corrected chi connectivity index (χ2v) is 2.64. The number of nitrogens with zero attached hydrogens (tertiary/aromatic N) is 2. The third kappa shape index (κ3) is 1.48. The average molecular weight is 176 g/mol. The largest absolute Gasteiger partial charge is 0.322 e. The van der Waals surface area contributed by atoms with Crippen LogP contribution in [0.1, 0.15) is 6.92 Å². The normalized spacial score (nSPS) is 10.2. The summed E-state index contributed by atoms with van der Waals surface area (Å²) in [7, 11) is 0. The maximum absolute atomic E-state index is 10.7. The number of carbonyl (C=O) groups excluding carboxylic acids is 1. The van der Waals surface area contributed by atoms with Crippen molar-refractivity contribution >= 4 is 23.0 Å². The number of carbonyl (C=O) groups is 1. The van der Waals surface area contributed by atoms with E-state index in [1.165, 1.54) is 6.92 Å². The minimum Gasteiger partial charge on any atom is -0.322 e. The standard InChI is InChI=1S/C8H8N4O/c1-5(13)10-8-11-6-3-2-4-9-7(6)12-8/h2-4H,1H3,(H2,9,10,11,12,13). The molecule has 0 saturated carbocycles. The van der Waals surface area contributed by atoms with E-state index in [1.54, 1.807) is 12.3 Å². The van der Waals surface area contributed by atoms with Gasteiger partial charge in [-0.15, -0.1) is 0 Å². The number of hydrogen-bond acceptors (Lipinski definition) is 3. The first kappa shape index (κ1) is 7.72. The number of H-pyrrole nitrogens is 1. The summed E-state index contributed by atoms with van der Waals surface area (Å²) in [6.45, 7) is 1.43. The number of aromatic nitrogens is 3. The highest BCUT2D eigenvalue weighted by Gasteiger charge is 2.02. The van der Waals surface area contributed by atoms with Gasteiger partial charge in [-0.2, -0.15) is 4.98 Å². The molecule has 0 aliphatic heterocycles. The van der Waals surface area contributed by atoms with Crippen LogP contribution in [0.15, 0.2) is 18.3 Å². The van der Waals surface area contributed by atoms with E-state index >= 15 is 0 Å². The summed E-state index contributed by atoms with van der Waals surface area (Å²) < 4.78 is 0. The van der Waals surface area contributed by atoms with Gasteiger partial charge in [0, 0.05) is 13.1 Å². The van der Waals surface area contributed by atoms with E-state index in [1.807, 2.05) is 6.07 Å². The van der Waals surface area contributed by atoms with Gasteiger partial charge in [-0.1, -0.05) is 0 Å². The van der Waals surface area contributed by atoms with Crippen LogP contribution in [0.2, 0.25) is 0 Å². The number of rotatable bonds is 1. The van der Waals surface area contributed by atoms with E-state index in [0.717, 1.165) is 5.52 Å². The summed E-state index contributed by atoms with van der Waals surface area (Å²) in [5, 5.41) is 2.55. The molecule has 13 heavy (non-hydrogen) atoms. The lowest BCUT2D eigenvalue weighted by Crippen LogP contribution is -2.06. The van der Waals surface area contributed by atoms with Crippen LogP contribution in [0, 0.1) is 0 Å². The maximum Gasteiger partial charge on any atom is 0.223 e. The first-order valence-corrected chi connectivity index (χ1v) is 3.84. The fraction of sp³-hybridized carbons (Fsp3) is 0.125. The van der Waals surface area contributed by atoms with Crippen molar-refractivity contribution in [1.29, 1.82) is 0 Å². The highest BCUT2D eigenvalue weighted by atomic mass is 16.1. The van der Waals surface area contributed by atoms with Crippen molar-refractivity contribution < 1.29 is 4.79 Å². The van der Waals surface area contributed by atoms with Crippen molar-refractivity contribution in [2.24, 2.45) is 0 Å². The van der Waals surface area contributed by atoms with Crippen LogP contribution >= 0.6 is 0 Å². The van der Waals surface area contributed by atoms with Gasteiger partial charge >= 0.3 is 0 Å². The summed E-state index contributed by atoms with van der Waals surface area (Å²) in [6, 6.07) is 3.65. The van der Waals surface area contributed by atoms with E-state index in [4.69, 9.17) is 0 Å². The summed E-state index contributed by atoms with van der Waals surface area (Å²) in [6.07, 6.45) is 1.65. The van der Waals surface area contributed by atoms with Crippen LogP contribution in [-0.4, -0.2) is 20.9 Å². The van der Waals surface area contributed by atoms with Crippen LogP contribution < -0.4 is 5.32 Å². The van der Waals surface area contributed by atoms with Gasteiger partial charge in [0.1, 0.15) is 0 Å². The molecule has 0 aromatic carbocycles. The molecule has 0 spiro atoms. The zero-order chi connectivity index (χ0) is 9.26. The smallest absolute Gasteiger partial charge is 0.223 e. The number of anilines is 1. The van der Waals surface area contributed by atoms with E-state index < -0.39 is 0 Å². The zero-order valence-corrected chi connectivity index (χ0v) is 7.03. The Morgan fingerprint density at radius 1 is 1.62 bits per heavy atom. The van der Waals surface area contributed by atoms with Crippen molar-refractivity contribution in [2.75, 3.05) is 5.32 Å². The van der Waals surface area contributed by atoms with E-state index in [-0.39, 0.29) is 5.91 Å². The highest BCUT2D eigenvalue weighted by molar-refractivity contribution is 5.88. The van der Waals surface area contributed by atoms with Crippen molar-refractivity contribution in [1.82, 2.24) is 15.0 Å². The van der Waals surface area contributed by atoms with Crippen LogP contribution in [0.4, 0.5) is 5.95 Å². The molecule has 0 aliphatic carbocycles. The van der Waals surface area contributed by atoms with Crippen LogP contribution in [0.3, 0.4) is 0 Å². The minimum atomic E-state index is -0.154. The number of amides is 1. The van der Waals surface area contributed by atoms with Gasteiger partial charge in [-0.25, -0.2) is 4.98 Å². The van der Waals surface area contributed by atoms with E-state index in [0.29, 0.717) is 11.6 Å². The third-order valence-electron chi connectivity index (χ3n) is 1.55. The molecule has 2 aromatic heterocycles. The molecule has 0 atom stereocenters. The monoisotopic (exact) mass is 176 g/mol. The van der Waals surface area contributed by atoms with Gasteiger partial charge in [0.05, 0.1) is 5.52 Å². The molecule has 2 N–H and O–H groups in total. The Labute approximate surface area is 74.2 Å². The van der Waals surface area contributed by atoms with Crippen molar-refractivity contribution in [3.63, 3.8) is 0 Å². The van der Waals surface area contributed by atoms with E-state index in [2.05, 4.69) is 20.3 Å². The molecule has 0 unspecified atom stereocenters. The quantitative estimate of drug-likeness (QED) is 0.678. The first-order valence-electron chi connectivity index (χ1n) is 3.84. The molecule has 0 radical (unpaired) electrons. The lowest BCUT2D eigenvalue weighted by atomic mass is 10.4. The van der Waals surface area contributed by atoms with E-state index in [9.17, 15) is 4.79 Å². The Kier molecular flexibility index (Phi) is 1.70.